The Morgan fingerprint density at radius 2 is 2.00 bits per heavy atom. The second-order valence-corrected chi connectivity index (χ2v) is 5.50. The van der Waals surface area contributed by atoms with Crippen LogP contribution in [0.5, 0.6) is 5.75 Å². The number of hydrogen-bond donors (Lipinski definition) is 2. The van der Waals surface area contributed by atoms with Crippen LogP contribution >= 0.6 is 0 Å². The van der Waals surface area contributed by atoms with E-state index in [0.29, 0.717) is 13.2 Å². The number of para-hydroxylation sites is 1. The standard InChI is InChI=1S/C16H25NO2/c1-3-19-15-9-5-4-8-14(15)13(2)17-12-16(18)10-6-7-11-16/h4-5,8-9,13,17-18H,3,6-7,10-12H2,1-2H3. The highest BCUT2D eigenvalue weighted by Gasteiger charge is 2.31. The fraction of sp³-hybridized carbons (Fsp3) is 0.625. The van der Waals surface area contributed by atoms with Crippen LogP contribution in [0.4, 0.5) is 0 Å². The molecule has 106 valence electrons. The van der Waals surface area contributed by atoms with Gasteiger partial charge in [-0.3, -0.25) is 0 Å². The lowest BCUT2D eigenvalue weighted by Gasteiger charge is -2.26. The SMILES string of the molecule is CCOc1ccccc1C(C)NCC1(O)CCCC1. The first-order valence-electron chi connectivity index (χ1n) is 7.32. The minimum absolute atomic E-state index is 0.187. The van der Waals surface area contributed by atoms with E-state index in [1.807, 2.05) is 25.1 Å². The average Bonchev–Trinajstić information content (AvgIpc) is 2.85. The summed E-state index contributed by atoms with van der Waals surface area (Å²) in [6, 6.07) is 8.29. The van der Waals surface area contributed by atoms with Gasteiger partial charge in [0.15, 0.2) is 0 Å². The summed E-state index contributed by atoms with van der Waals surface area (Å²) in [5.74, 6) is 0.934. The zero-order valence-corrected chi connectivity index (χ0v) is 12.0. The highest BCUT2D eigenvalue weighted by Crippen LogP contribution is 2.30. The summed E-state index contributed by atoms with van der Waals surface area (Å²) in [7, 11) is 0. The predicted molar refractivity (Wildman–Crippen MR) is 77.4 cm³/mol. The van der Waals surface area contributed by atoms with E-state index in [1.54, 1.807) is 0 Å². The maximum atomic E-state index is 10.4. The van der Waals surface area contributed by atoms with Crippen molar-refractivity contribution in [3.05, 3.63) is 29.8 Å². The van der Waals surface area contributed by atoms with Crippen LogP contribution in [0.15, 0.2) is 24.3 Å². The molecule has 1 atom stereocenters. The first-order valence-corrected chi connectivity index (χ1v) is 7.32. The summed E-state index contributed by atoms with van der Waals surface area (Å²) >= 11 is 0. The lowest BCUT2D eigenvalue weighted by molar-refractivity contribution is 0.0452. The molecule has 0 spiro atoms. The molecule has 0 amide bonds. The molecule has 0 heterocycles. The van der Waals surface area contributed by atoms with Crippen LogP contribution in [0.25, 0.3) is 0 Å². The highest BCUT2D eigenvalue weighted by molar-refractivity contribution is 5.35. The molecular weight excluding hydrogens is 238 g/mol. The lowest BCUT2D eigenvalue weighted by atomic mass is 10.0. The van der Waals surface area contributed by atoms with Crippen LogP contribution in [0.3, 0.4) is 0 Å². The number of nitrogens with one attached hydrogen (secondary N) is 1. The lowest BCUT2D eigenvalue weighted by Crippen LogP contribution is -2.39. The monoisotopic (exact) mass is 263 g/mol. The van der Waals surface area contributed by atoms with Gasteiger partial charge < -0.3 is 15.2 Å². The maximum Gasteiger partial charge on any atom is 0.124 e. The molecule has 2 N–H and O–H groups in total. The summed E-state index contributed by atoms with van der Waals surface area (Å²) < 4.78 is 5.65. The van der Waals surface area contributed by atoms with Crippen molar-refractivity contribution in [1.29, 1.82) is 0 Å². The Kier molecular flexibility index (Phi) is 4.83. The average molecular weight is 263 g/mol. The van der Waals surface area contributed by atoms with Crippen LogP contribution in [0, 0.1) is 0 Å². The summed E-state index contributed by atoms with van der Waals surface area (Å²) in [6.07, 6.45) is 4.11. The summed E-state index contributed by atoms with van der Waals surface area (Å²) in [6.45, 7) is 5.45. The van der Waals surface area contributed by atoms with E-state index < -0.39 is 5.60 Å². The van der Waals surface area contributed by atoms with Gasteiger partial charge in [0.2, 0.25) is 0 Å². The van der Waals surface area contributed by atoms with Crippen LogP contribution < -0.4 is 10.1 Å². The Labute approximate surface area is 116 Å². The van der Waals surface area contributed by atoms with Crippen LogP contribution in [-0.2, 0) is 0 Å². The third kappa shape index (κ3) is 3.71. The molecule has 1 aliphatic rings. The minimum atomic E-state index is -0.505. The number of aliphatic hydroxyl groups is 1. The molecule has 0 aliphatic heterocycles. The van der Waals surface area contributed by atoms with Crippen molar-refractivity contribution < 1.29 is 9.84 Å². The largest absolute Gasteiger partial charge is 0.494 e. The van der Waals surface area contributed by atoms with Crippen LogP contribution in [-0.4, -0.2) is 23.9 Å². The number of hydrogen-bond acceptors (Lipinski definition) is 3. The summed E-state index contributed by atoms with van der Waals surface area (Å²) in [4.78, 5) is 0. The van der Waals surface area contributed by atoms with Crippen molar-refractivity contribution in [2.24, 2.45) is 0 Å². The van der Waals surface area contributed by atoms with E-state index in [2.05, 4.69) is 18.3 Å². The van der Waals surface area contributed by atoms with Gasteiger partial charge in [0.25, 0.3) is 0 Å². The Morgan fingerprint density at radius 1 is 1.32 bits per heavy atom. The van der Waals surface area contributed by atoms with Crippen molar-refractivity contribution in [3.63, 3.8) is 0 Å². The van der Waals surface area contributed by atoms with Gasteiger partial charge in [-0.1, -0.05) is 31.0 Å². The van der Waals surface area contributed by atoms with E-state index in [-0.39, 0.29) is 6.04 Å². The molecule has 1 aromatic carbocycles. The van der Waals surface area contributed by atoms with E-state index >= 15 is 0 Å². The molecule has 19 heavy (non-hydrogen) atoms. The maximum absolute atomic E-state index is 10.4. The van der Waals surface area contributed by atoms with Gasteiger partial charge in [-0.05, 0) is 32.8 Å². The van der Waals surface area contributed by atoms with Gasteiger partial charge in [-0.15, -0.1) is 0 Å². The normalized spacial score (nSPS) is 19.3. The molecule has 1 fully saturated rings. The molecule has 0 saturated heterocycles. The second kappa shape index (κ2) is 6.40. The predicted octanol–water partition coefficient (Wildman–Crippen LogP) is 3.04. The Bertz CT molecular complexity index is 399. The molecule has 0 bridgehead atoms. The van der Waals surface area contributed by atoms with E-state index in [0.717, 1.165) is 37.0 Å². The van der Waals surface area contributed by atoms with Crippen molar-refractivity contribution in [2.45, 2.75) is 51.2 Å². The van der Waals surface area contributed by atoms with Crippen LogP contribution in [0.1, 0.15) is 51.1 Å². The van der Waals surface area contributed by atoms with E-state index in [1.165, 1.54) is 0 Å². The highest BCUT2D eigenvalue weighted by atomic mass is 16.5. The third-order valence-electron chi connectivity index (χ3n) is 3.96. The third-order valence-corrected chi connectivity index (χ3v) is 3.96. The van der Waals surface area contributed by atoms with Crippen molar-refractivity contribution >= 4 is 0 Å². The van der Waals surface area contributed by atoms with Crippen molar-refractivity contribution in [1.82, 2.24) is 5.32 Å². The molecule has 0 aromatic heterocycles. The molecule has 1 aromatic rings. The Hall–Kier alpha value is -1.06. The zero-order valence-electron chi connectivity index (χ0n) is 12.0. The minimum Gasteiger partial charge on any atom is -0.494 e. The molecule has 1 saturated carbocycles. The van der Waals surface area contributed by atoms with Crippen molar-refractivity contribution in [2.75, 3.05) is 13.2 Å². The molecular formula is C16H25NO2. The topological polar surface area (TPSA) is 41.5 Å². The van der Waals surface area contributed by atoms with Gasteiger partial charge in [0.1, 0.15) is 5.75 Å². The quantitative estimate of drug-likeness (QED) is 0.829. The fourth-order valence-corrected chi connectivity index (χ4v) is 2.79. The van der Waals surface area contributed by atoms with E-state index in [4.69, 9.17) is 4.74 Å². The second-order valence-electron chi connectivity index (χ2n) is 5.50. The number of rotatable bonds is 6. The number of ether oxygens (including phenoxy) is 1. The molecule has 1 unspecified atom stereocenters. The first kappa shape index (κ1) is 14.4. The molecule has 1 aliphatic carbocycles. The van der Waals surface area contributed by atoms with Gasteiger partial charge >= 0.3 is 0 Å². The molecule has 2 rings (SSSR count). The smallest absolute Gasteiger partial charge is 0.124 e. The molecule has 3 heteroatoms. The fourth-order valence-electron chi connectivity index (χ4n) is 2.79. The van der Waals surface area contributed by atoms with Gasteiger partial charge in [-0.2, -0.15) is 0 Å². The van der Waals surface area contributed by atoms with Gasteiger partial charge in [0.05, 0.1) is 12.2 Å². The summed E-state index contributed by atoms with van der Waals surface area (Å²) in [5.41, 5.74) is 0.653. The number of benzene rings is 1. The molecule has 0 radical (unpaired) electrons. The van der Waals surface area contributed by atoms with Gasteiger partial charge in [0, 0.05) is 18.2 Å². The zero-order chi connectivity index (χ0) is 13.7. The first-order chi connectivity index (χ1) is 9.14. The molecule has 3 nitrogen and oxygen atoms in total. The van der Waals surface area contributed by atoms with Crippen molar-refractivity contribution in [3.8, 4) is 5.75 Å². The van der Waals surface area contributed by atoms with Gasteiger partial charge in [-0.25, -0.2) is 0 Å². The Morgan fingerprint density at radius 3 is 2.68 bits per heavy atom. The summed E-state index contributed by atoms with van der Waals surface area (Å²) in [5, 5.41) is 13.8. The van der Waals surface area contributed by atoms with E-state index in [9.17, 15) is 5.11 Å². The Balaban J connectivity index is 1.97. The van der Waals surface area contributed by atoms with Crippen LogP contribution in [0.2, 0.25) is 0 Å².